The van der Waals surface area contributed by atoms with Gasteiger partial charge in [-0.25, -0.2) is 4.98 Å². The van der Waals surface area contributed by atoms with Crippen LogP contribution in [-0.2, 0) is 6.18 Å². The van der Waals surface area contributed by atoms with E-state index in [1.54, 1.807) is 0 Å². The van der Waals surface area contributed by atoms with Crippen LogP contribution in [0.5, 0.6) is 5.88 Å². The Kier molecular flexibility index (Phi) is 3.11. The summed E-state index contributed by atoms with van der Waals surface area (Å²) in [4.78, 5) is 3.35. The highest BCUT2D eigenvalue weighted by molar-refractivity contribution is 5.85. The van der Waals surface area contributed by atoms with Gasteiger partial charge in [0.1, 0.15) is 12.3 Å². The van der Waals surface area contributed by atoms with Gasteiger partial charge in [-0.3, -0.25) is 0 Å². The van der Waals surface area contributed by atoms with Gasteiger partial charge in [-0.15, -0.1) is 12.4 Å². The van der Waals surface area contributed by atoms with E-state index in [0.717, 1.165) is 6.07 Å². The number of nitrogens with two attached hydrogens (primary N) is 1. The quantitative estimate of drug-likeness (QED) is 0.754. The van der Waals surface area contributed by atoms with E-state index in [4.69, 9.17) is 10.5 Å². The first-order valence-corrected chi connectivity index (χ1v) is 3.95. The highest BCUT2D eigenvalue weighted by atomic mass is 35.5. The molecule has 3 nitrogen and oxygen atoms in total. The minimum atomic E-state index is -4.44. The Morgan fingerprint density at radius 1 is 1.40 bits per heavy atom. The van der Waals surface area contributed by atoms with Crippen molar-refractivity contribution in [3.63, 3.8) is 0 Å². The SMILES string of the molecule is Cl.NC1COc2nc(C(F)(F)F)ccc21. The Morgan fingerprint density at radius 2 is 2.07 bits per heavy atom. The summed E-state index contributed by atoms with van der Waals surface area (Å²) in [6.45, 7) is 0.184. The van der Waals surface area contributed by atoms with Gasteiger partial charge in [-0.1, -0.05) is 0 Å². The van der Waals surface area contributed by atoms with Gasteiger partial charge < -0.3 is 10.5 Å². The Morgan fingerprint density at radius 3 is 2.67 bits per heavy atom. The zero-order valence-corrected chi connectivity index (χ0v) is 8.23. The third-order valence-electron chi connectivity index (χ3n) is 1.98. The fourth-order valence-corrected chi connectivity index (χ4v) is 1.27. The molecule has 15 heavy (non-hydrogen) atoms. The molecule has 2 rings (SSSR count). The van der Waals surface area contributed by atoms with E-state index in [9.17, 15) is 13.2 Å². The van der Waals surface area contributed by atoms with Crippen LogP contribution < -0.4 is 10.5 Å². The first-order chi connectivity index (χ1) is 6.48. The maximum Gasteiger partial charge on any atom is 0.433 e. The maximum atomic E-state index is 12.2. The average molecular weight is 241 g/mol. The molecule has 0 aromatic carbocycles. The molecule has 0 radical (unpaired) electrons. The number of ether oxygens (including phenoxy) is 1. The summed E-state index contributed by atoms with van der Waals surface area (Å²) in [5, 5.41) is 0. The fourth-order valence-electron chi connectivity index (χ4n) is 1.27. The highest BCUT2D eigenvalue weighted by Crippen LogP contribution is 2.34. The van der Waals surface area contributed by atoms with Crippen LogP contribution in [0, 0.1) is 0 Å². The summed E-state index contributed by atoms with van der Waals surface area (Å²) in [5.41, 5.74) is 5.13. The summed E-state index contributed by atoms with van der Waals surface area (Å²) < 4.78 is 41.5. The molecule has 1 aromatic rings. The van der Waals surface area contributed by atoms with E-state index in [2.05, 4.69) is 4.98 Å². The van der Waals surface area contributed by atoms with Crippen molar-refractivity contribution >= 4 is 12.4 Å². The van der Waals surface area contributed by atoms with Gasteiger partial charge in [0.05, 0.1) is 6.04 Å². The number of halogens is 4. The predicted molar refractivity (Wildman–Crippen MR) is 48.9 cm³/mol. The average Bonchev–Trinajstić information content (AvgIpc) is 2.46. The maximum absolute atomic E-state index is 12.2. The molecular formula is C8H8ClF3N2O. The lowest BCUT2D eigenvalue weighted by Gasteiger charge is -2.06. The van der Waals surface area contributed by atoms with E-state index >= 15 is 0 Å². The standard InChI is InChI=1S/C8H7F3N2O.ClH/c9-8(10,11)6-2-1-4-5(12)3-14-7(4)13-6;/h1-2,5H,3,12H2;1H. The number of hydrogen-bond acceptors (Lipinski definition) is 3. The lowest BCUT2D eigenvalue weighted by atomic mass is 10.1. The van der Waals surface area contributed by atoms with Crippen molar-refractivity contribution in [2.75, 3.05) is 6.61 Å². The number of alkyl halides is 3. The smallest absolute Gasteiger partial charge is 0.433 e. The normalized spacial score (nSPS) is 19.1. The van der Waals surface area contributed by atoms with Crippen LogP contribution in [0.15, 0.2) is 12.1 Å². The van der Waals surface area contributed by atoms with Crippen LogP contribution >= 0.6 is 12.4 Å². The molecule has 0 saturated heterocycles. The molecule has 0 aliphatic carbocycles. The summed E-state index contributed by atoms with van der Waals surface area (Å²) in [7, 11) is 0. The van der Waals surface area contributed by atoms with Crippen molar-refractivity contribution in [1.82, 2.24) is 4.98 Å². The van der Waals surface area contributed by atoms with Crippen LogP contribution in [0.25, 0.3) is 0 Å². The molecule has 1 aliphatic heterocycles. The van der Waals surface area contributed by atoms with Gasteiger partial charge in [0.15, 0.2) is 0 Å². The number of fused-ring (bicyclic) bond motifs is 1. The van der Waals surface area contributed by atoms with E-state index in [-0.39, 0.29) is 30.9 Å². The predicted octanol–water partition coefficient (Wildman–Crippen LogP) is 1.91. The topological polar surface area (TPSA) is 48.1 Å². The third kappa shape index (κ3) is 2.15. The summed E-state index contributed by atoms with van der Waals surface area (Å²) in [5.74, 6) is -0.00711. The lowest BCUT2D eigenvalue weighted by Crippen LogP contribution is -2.11. The second-order valence-corrected chi connectivity index (χ2v) is 3.01. The summed E-state index contributed by atoms with van der Waals surface area (Å²) in [6.07, 6.45) is -4.44. The van der Waals surface area contributed by atoms with Crippen LogP contribution in [0.4, 0.5) is 13.2 Å². The van der Waals surface area contributed by atoms with Gasteiger partial charge in [-0.05, 0) is 12.1 Å². The Bertz CT molecular complexity index is 369. The van der Waals surface area contributed by atoms with Crippen LogP contribution in [0.3, 0.4) is 0 Å². The Balaban J connectivity index is 0.00000112. The second-order valence-electron chi connectivity index (χ2n) is 3.01. The van der Waals surface area contributed by atoms with Gasteiger partial charge in [0, 0.05) is 5.56 Å². The van der Waals surface area contributed by atoms with E-state index in [1.807, 2.05) is 0 Å². The molecule has 0 saturated carbocycles. The van der Waals surface area contributed by atoms with Crippen LogP contribution in [0.1, 0.15) is 17.3 Å². The molecule has 7 heteroatoms. The molecule has 0 amide bonds. The molecule has 1 unspecified atom stereocenters. The van der Waals surface area contributed by atoms with Gasteiger partial charge in [0.2, 0.25) is 5.88 Å². The van der Waals surface area contributed by atoms with Gasteiger partial charge in [-0.2, -0.15) is 13.2 Å². The number of aromatic nitrogens is 1. The Hall–Kier alpha value is -1.01. The fraction of sp³-hybridized carbons (Fsp3) is 0.375. The number of pyridine rings is 1. The molecule has 1 aliphatic rings. The molecule has 0 spiro atoms. The van der Waals surface area contributed by atoms with Gasteiger partial charge >= 0.3 is 6.18 Å². The number of hydrogen-bond donors (Lipinski definition) is 1. The van der Waals surface area contributed by atoms with Crippen molar-refractivity contribution in [3.8, 4) is 5.88 Å². The van der Waals surface area contributed by atoms with Crippen molar-refractivity contribution < 1.29 is 17.9 Å². The molecule has 0 fully saturated rings. The van der Waals surface area contributed by atoms with Crippen molar-refractivity contribution in [1.29, 1.82) is 0 Å². The van der Waals surface area contributed by atoms with Gasteiger partial charge in [0.25, 0.3) is 0 Å². The molecule has 1 atom stereocenters. The van der Waals surface area contributed by atoms with Crippen molar-refractivity contribution in [2.45, 2.75) is 12.2 Å². The first-order valence-electron chi connectivity index (χ1n) is 3.95. The molecule has 0 bridgehead atoms. The number of nitrogens with zero attached hydrogens (tertiary/aromatic N) is 1. The highest BCUT2D eigenvalue weighted by Gasteiger charge is 2.34. The number of rotatable bonds is 0. The van der Waals surface area contributed by atoms with E-state index in [1.165, 1.54) is 6.07 Å². The molecular weight excluding hydrogens is 233 g/mol. The molecule has 2 N–H and O–H groups in total. The Labute approximate surface area is 89.8 Å². The zero-order chi connectivity index (χ0) is 10.3. The summed E-state index contributed by atoms with van der Waals surface area (Å²) >= 11 is 0. The molecule has 84 valence electrons. The molecule has 2 heterocycles. The second kappa shape index (κ2) is 3.86. The third-order valence-corrected chi connectivity index (χ3v) is 1.98. The van der Waals surface area contributed by atoms with E-state index in [0.29, 0.717) is 5.56 Å². The zero-order valence-electron chi connectivity index (χ0n) is 7.41. The lowest BCUT2D eigenvalue weighted by molar-refractivity contribution is -0.141. The minimum Gasteiger partial charge on any atom is -0.475 e. The van der Waals surface area contributed by atoms with Crippen LogP contribution in [0.2, 0.25) is 0 Å². The van der Waals surface area contributed by atoms with E-state index < -0.39 is 11.9 Å². The first kappa shape index (κ1) is 12.1. The summed E-state index contributed by atoms with van der Waals surface area (Å²) in [6, 6.07) is 1.84. The van der Waals surface area contributed by atoms with Crippen molar-refractivity contribution in [3.05, 3.63) is 23.4 Å². The largest absolute Gasteiger partial charge is 0.475 e. The molecule has 1 aromatic heterocycles. The monoisotopic (exact) mass is 240 g/mol. The minimum absolute atomic E-state index is 0. The van der Waals surface area contributed by atoms with Crippen LogP contribution in [-0.4, -0.2) is 11.6 Å². The van der Waals surface area contributed by atoms with Crippen molar-refractivity contribution in [2.24, 2.45) is 5.73 Å².